The summed E-state index contributed by atoms with van der Waals surface area (Å²) in [5.74, 6) is 0.213. The van der Waals surface area contributed by atoms with Crippen molar-refractivity contribution in [3.63, 3.8) is 0 Å². The Hall–Kier alpha value is -2.30. The number of aryl methyl sites for hydroxylation is 2. The van der Waals surface area contributed by atoms with E-state index in [1.54, 1.807) is 12.1 Å². The highest BCUT2D eigenvalue weighted by atomic mass is 19.1. The molecule has 1 heterocycles. The molecule has 0 amide bonds. The van der Waals surface area contributed by atoms with Crippen LogP contribution in [0.25, 0.3) is 0 Å². The number of rotatable bonds is 4. The molecule has 0 unspecified atom stereocenters. The van der Waals surface area contributed by atoms with Crippen LogP contribution in [-0.2, 0) is 0 Å². The number of nitrogens with one attached hydrogen (secondary N) is 1. The molecule has 0 aliphatic rings. The average Bonchev–Trinajstić information content (AvgIpc) is 2.40. The van der Waals surface area contributed by atoms with E-state index in [0.29, 0.717) is 5.95 Å². The first-order valence-electron chi connectivity index (χ1n) is 6.49. The molecule has 0 radical (unpaired) electrons. The van der Waals surface area contributed by atoms with Crippen LogP contribution < -0.4 is 5.43 Å². The summed E-state index contributed by atoms with van der Waals surface area (Å²) in [7, 11) is 0. The molecule has 1 N–H and O–H groups in total. The molecule has 0 saturated heterocycles. The van der Waals surface area contributed by atoms with E-state index in [1.165, 1.54) is 12.1 Å². The first kappa shape index (κ1) is 14.1. The van der Waals surface area contributed by atoms with Crippen LogP contribution in [-0.4, -0.2) is 15.7 Å². The first-order chi connectivity index (χ1) is 9.58. The second kappa shape index (κ2) is 6.23. The molecule has 0 atom stereocenters. The zero-order valence-corrected chi connectivity index (χ0v) is 11.8. The largest absolute Gasteiger partial charge is 0.245 e. The van der Waals surface area contributed by atoms with Crippen molar-refractivity contribution in [2.45, 2.75) is 27.2 Å². The van der Waals surface area contributed by atoms with Crippen LogP contribution in [0, 0.1) is 19.7 Å². The summed E-state index contributed by atoms with van der Waals surface area (Å²) >= 11 is 0. The lowest BCUT2D eigenvalue weighted by Crippen LogP contribution is -2.06. The number of benzene rings is 1. The van der Waals surface area contributed by atoms with Crippen LogP contribution in [0.2, 0.25) is 0 Å². The maximum atomic E-state index is 12.9. The van der Waals surface area contributed by atoms with Gasteiger partial charge in [0, 0.05) is 11.4 Å². The first-order valence-corrected chi connectivity index (χ1v) is 6.49. The van der Waals surface area contributed by atoms with Gasteiger partial charge in [-0.3, -0.25) is 0 Å². The van der Waals surface area contributed by atoms with Gasteiger partial charge in [-0.1, -0.05) is 19.1 Å². The smallest absolute Gasteiger partial charge is 0.243 e. The quantitative estimate of drug-likeness (QED) is 0.685. The minimum Gasteiger partial charge on any atom is -0.245 e. The van der Waals surface area contributed by atoms with Gasteiger partial charge in [0.1, 0.15) is 5.82 Å². The molecule has 20 heavy (non-hydrogen) atoms. The molecule has 0 bridgehead atoms. The van der Waals surface area contributed by atoms with E-state index in [1.807, 2.05) is 26.8 Å². The SMILES string of the molecule is CC/C(=N/Nc1nc(C)cc(C)n1)c1ccc(F)cc1. The summed E-state index contributed by atoms with van der Waals surface area (Å²) in [4.78, 5) is 8.52. The van der Waals surface area contributed by atoms with Gasteiger partial charge >= 0.3 is 0 Å². The molecule has 1 aromatic heterocycles. The Bertz CT molecular complexity index is 600. The van der Waals surface area contributed by atoms with Crippen molar-refractivity contribution < 1.29 is 4.39 Å². The van der Waals surface area contributed by atoms with Crippen molar-refractivity contribution in [3.05, 3.63) is 53.1 Å². The summed E-state index contributed by atoms with van der Waals surface area (Å²) < 4.78 is 12.9. The molecule has 0 aliphatic carbocycles. The molecule has 4 nitrogen and oxygen atoms in total. The molecule has 0 aliphatic heterocycles. The van der Waals surface area contributed by atoms with Gasteiger partial charge in [0.05, 0.1) is 5.71 Å². The highest BCUT2D eigenvalue weighted by molar-refractivity contribution is 6.00. The van der Waals surface area contributed by atoms with Gasteiger partial charge in [0.15, 0.2) is 0 Å². The summed E-state index contributed by atoms with van der Waals surface area (Å²) in [6, 6.07) is 8.17. The fraction of sp³-hybridized carbons (Fsp3) is 0.267. The fourth-order valence-corrected chi connectivity index (χ4v) is 1.88. The van der Waals surface area contributed by atoms with E-state index >= 15 is 0 Å². The molecular formula is C15H17FN4. The lowest BCUT2D eigenvalue weighted by molar-refractivity contribution is 0.627. The van der Waals surface area contributed by atoms with Crippen molar-refractivity contribution in [1.82, 2.24) is 9.97 Å². The molecule has 0 spiro atoms. The summed E-state index contributed by atoms with van der Waals surface area (Å²) in [5.41, 5.74) is 6.34. The van der Waals surface area contributed by atoms with E-state index in [-0.39, 0.29) is 5.82 Å². The second-order valence-electron chi connectivity index (χ2n) is 4.51. The van der Waals surface area contributed by atoms with Crippen molar-refractivity contribution in [2.24, 2.45) is 5.10 Å². The number of halogens is 1. The topological polar surface area (TPSA) is 50.2 Å². The Morgan fingerprint density at radius 3 is 2.30 bits per heavy atom. The lowest BCUT2D eigenvalue weighted by atomic mass is 10.1. The van der Waals surface area contributed by atoms with E-state index in [2.05, 4.69) is 20.5 Å². The Morgan fingerprint density at radius 1 is 1.15 bits per heavy atom. The van der Waals surface area contributed by atoms with Gasteiger partial charge in [0.2, 0.25) is 5.95 Å². The Labute approximate surface area is 117 Å². The van der Waals surface area contributed by atoms with E-state index in [0.717, 1.165) is 29.1 Å². The van der Waals surface area contributed by atoms with Crippen LogP contribution in [0.3, 0.4) is 0 Å². The predicted molar refractivity (Wildman–Crippen MR) is 78.4 cm³/mol. The van der Waals surface area contributed by atoms with Crippen molar-refractivity contribution in [1.29, 1.82) is 0 Å². The van der Waals surface area contributed by atoms with E-state index < -0.39 is 0 Å². The number of hydrogen-bond donors (Lipinski definition) is 1. The maximum Gasteiger partial charge on any atom is 0.243 e. The number of aromatic nitrogens is 2. The third-order valence-electron chi connectivity index (χ3n) is 2.79. The minimum absolute atomic E-state index is 0.255. The maximum absolute atomic E-state index is 12.9. The number of anilines is 1. The van der Waals surface area contributed by atoms with Gasteiger partial charge in [0.25, 0.3) is 0 Å². The van der Waals surface area contributed by atoms with E-state index in [4.69, 9.17) is 0 Å². The lowest BCUT2D eigenvalue weighted by Gasteiger charge is -2.06. The molecule has 2 rings (SSSR count). The second-order valence-corrected chi connectivity index (χ2v) is 4.51. The third kappa shape index (κ3) is 3.60. The summed E-state index contributed by atoms with van der Waals surface area (Å²) in [5, 5.41) is 4.31. The Morgan fingerprint density at radius 2 is 1.75 bits per heavy atom. The van der Waals surface area contributed by atoms with Crippen LogP contribution >= 0.6 is 0 Å². The fourth-order valence-electron chi connectivity index (χ4n) is 1.88. The Kier molecular flexibility index (Phi) is 4.40. The molecule has 5 heteroatoms. The van der Waals surface area contributed by atoms with Crippen LogP contribution in [0.5, 0.6) is 0 Å². The van der Waals surface area contributed by atoms with E-state index in [9.17, 15) is 4.39 Å². The van der Waals surface area contributed by atoms with Gasteiger partial charge in [-0.2, -0.15) is 5.10 Å². The van der Waals surface area contributed by atoms with Crippen LogP contribution in [0.15, 0.2) is 35.4 Å². The monoisotopic (exact) mass is 272 g/mol. The normalized spacial score (nSPS) is 11.5. The van der Waals surface area contributed by atoms with Gasteiger partial charge in [-0.15, -0.1) is 0 Å². The number of nitrogens with zero attached hydrogens (tertiary/aromatic N) is 3. The zero-order valence-electron chi connectivity index (χ0n) is 11.8. The van der Waals surface area contributed by atoms with Crippen LogP contribution in [0.4, 0.5) is 10.3 Å². The van der Waals surface area contributed by atoms with Gasteiger partial charge < -0.3 is 0 Å². The van der Waals surface area contributed by atoms with Gasteiger partial charge in [-0.05, 0) is 44.0 Å². The zero-order chi connectivity index (χ0) is 14.5. The summed E-state index contributed by atoms with van der Waals surface area (Å²) in [6.07, 6.45) is 0.726. The highest BCUT2D eigenvalue weighted by Gasteiger charge is 2.03. The molecule has 104 valence electrons. The van der Waals surface area contributed by atoms with Crippen LogP contribution in [0.1, 0.15) is 30.3 Å². The van der Waals surface area contributed by atoms with Crippen molar-refractivity contribution in [3.8, 4) is 0 Å². The average molecular weight is 272 g/mol. The standard InChI is InChI=1S/C15H17FN4/c1-4-14(12-5-7-13(16)8-6-12)19-20-15-17-10(2)9-11(3)18-15/h5-9H,4H2,1-3H3,(H,17,18,20)/b19-14-. The Balaban J connectivity index is 2.21. The minimum atomic E-state index is -0.255. The van der Waals surface area contributed by atoms with Crippen molar-refractivity contribution in [2.75, 3.05) is 5.43 Å². The molecule has 1 aromatic carbocycles. The third-order valence-corrected chi connectivity index (χ3v) is 2.79. The highest BCUT2D eigenvalue weighted by Crippen LogP contribution is 2.08. The molecule has 0 fully saturated rings. The molecule has 0 saturated carbocycles. The number of hydrogen-bond acceptors (Lipinski definition) is 4. The predicted octanol–water partition coefficient (Wildman–Crippen LogP) is 3.46. The van der Waals surface area contributed by atoms with Gasteiger partial charge in [-0.25, -0.2) is 19.8 Å². The molecular weight excluding hydrogens is 255 g/mol. The number of hydrazone groups is 1. The summed E-state index contributed by atoms with van der Waals surface area (Å²) in [6.45, 7) is 5.81. The van der Waals surface area contributed by atoms with Crippen molar-refractivity contribution >= 4 is 11.7 Å². The molecule has 2 aromatic rings.